The number of carboxylic acid groups (broad SMARTS) is 1. The van der Waals surface area contributed by atoms with Crippen molar-refractivity contribution in [3.63, 3.8) is 0 Å². The molecule has 1 aromatic heterocycles. The van der Waals surface area contributed by atoms with Crippen LogP contribution in [-0.2, 0) is 0 Å². The molecule has 98 valence electrons. The average Bonchev–Trinajstić information content (AvgIpc) is 2.37. The summed E-state index contributed by atoms with van der Waals surface area (Å²) in [5, 5.41) is 9.32. The van der Waals surface area contributed by atoms with Gasteiger partial charge >= 0.3 is 5.97 Å². The van der Waals surface area contributed by atoms with Crippen LogP contribution in [0.25, 0.3) is 11.3 Å². The average molecular weight is 256 g/mol. The van der Waals surface area contributed by atoms with E-state index in [9.17, 15) is 9.90 Å². The van der Waals surface area contributed by atoms with E-state index in [0.717, 1.165) is 11.1 Å². The Balaban J connectivity index is 2.73. The number of rotatable bonds is 3. The molecule has 0 fully saturated rings. The van der Waals surface area contributed by atoms with E-state index in [0.29, 0.717) is 5.69 Å². The molecule has 19 heavy (non-hydrogen) atoms. The first-order valence-electron chi connectivity index (χ1n) is 6.09. The normalized spacial score (nSPS) is 10.7. The first kappa shape index (κ1) is 13.1. The highest BCUT2D eigenvalue weighted by Crippen LogP contribution is 2.31. The number of nitrogens with two attached hydrogens (primary N) is 1. The minimum absolute atomic E-state index is 0.0654. The predicted molar refractivity (Wildman–Crippen MR) is 75.1 cm³/mol. The summed E-state index contributed by atoms with van der Waals surface area (Å²) >= 11 is 0. The van der Waals surface area contributed by atoms with Gasteiger partial charge in [0.05, 0.1) is 5.69 Å². The van der Waals surface area contributed by atoms with Crippen molar-refractivity contribution < 1.29 is 9.90 Å². The van der Waals surface area contributed by atoms with Crippen molar-refractivity contribution >= 4 is 11.7 Å². The van der Waals surface area contributed by atoms with Crippen LogP contribution in [0.2, 0.25) is 0 Å². The second-order valence-corrected chi connectivity index (χ2v) is 4.67. The van der Waals surface area contributed by atoms with Crippen LogP contribution in [-0.4, -0.2) is 16.1 Å². The molecule has 1 heterocycles. The molecule has 0 amide bonds. The molecule has 0 radical (unpaired) electrons. The number of hydrogen-bond acceptors (Lipinski definition) is 3. The molecule has 0 aliphatic rings. The topological polar surface area (TPSA) is 76.2 Å². The van der Waals surface area contributed by atoms with Crippen LogP contribution in [0, 0.1) is 0 Å². The SMILES string of the molecule is CC(C)c1ccccc1-c1nccc(N)c1C(=O)O. The minimum atomic E-state index is -1.06. The van der Waals surface area contributed by atoms with E-state index in [1.54, 1.807) is 0 Å². The number of pyridine rings is 1. The number of nitrogens with zero attached hydrogens (tertiary/aromatic N) is 1. The highest BCUT2D eigenvalue weighted by atomic mass is 16.4. The number of nitrogen functional groups attached to an aromatic ring is 1. The summed E-state index contributed by atoms with van der Waals surface area (Å²) < 4.78 is 0. The van der Waals surface area contributed by atoms with Crippen LogP contribution in [0.15, 0.2) is 36.5 Å². The Labute approximate surface area is 111 Å². The lowest BCUT2D eigenvalue weighted by molar-refractivity contribution is 0.0698. The number of benzene rings is 1. The first-order valence-corrected chi connectivity index (χ1v) is 6.09. The molecule has 2 rings (SSSR count). The van der Waals surface area contributed by atoms with Gasteiger partial charge in [-0.1, -0.05) is 38.1 Å². The zero-order valence-corrected chi connectivity index (χ0v) is 10.9. The van der Waals surface area contributed by atoms with Crippen LogP contribution >= 0.6 is 0 Å². The van der Waals surface area contributed by atoms with Crippen molar-refractivity contribution in [2.75, 3.05) is 5.73 Å². The summed E-state index contributed by atoms with van der Waals surface area (Å²) in [6, 6.07) is 9.17. The molecule has 4 heteroatoms. The lowest BCUT2D eigenvalue weighted by Crippen LogP contribution is -2.07. The van der Waals surface area contributed by atoms with Crippen molar-refractivity contribution in [2.24, 2.45) is 0 Å². The molecule has 0 aliphatic heterocycles. The monoisotopic (exact) mass is 256 g/mol. The molecule has 1 aromatic carbocycles. The maximum Gasteiger partial charge on any atom is 0.340 e. The highest BCUT2D eigenvalue weighted by molar-refractivity contribution is 6.00. The van der Waals surface area contributed by atoms with Gasteiger partial charge in [-0.25, -0.2) is 4.79 Å². The fourth-order valence-corrected chi connectivity index (χ4v) is 2.12. The van der Waals surface area contributed by atoms with Crippen molar-refractivity contribution in [1.29, 1.82) is 0 Å². The van der Waals surface area contributed by atoms with Crippen molar-refractivity contribution in [3.05, 3.63) is 47.7 Å². The summed E-state index contributed by atoms with van der Waals surface area (Å²) in [7, 11) is 0. The molecule has 3 N–H and O–H groups in total. The van der Waals surface area contributed by atoms with Gasteiger partial charge in [-0.2, -0.15) is 0 Å². The van der Waals surface area contributed by atoms with Crippen LogP contribution in [0.3, 0.4) is 0 Å². The number of carboxylic acids is 1. The summed E-state index contributed by atoms with van der Waals surface area (Å²) in [6.45, 7) is 4.12. The highest BCUT2D eigenvalue weighted by Gasteiger charge is 2.19. The third-order valence-corrected chi connectivity index (χ3v) is 3.03. The van der Waals surface area contributed by atoms with Gasteiger partial charge in [-0.3, -0.25) is 4.98 Å². The molecule has 0 spiro atoms. The number of carbonyl (C=O) groups is 1. The lowest BCUT2D eigenvalue weighted by atomic mass is 9.93. The summed E-state index contributed by atoms with van der Waals surface area (Å²) in [4.78, 5) is 15.6. The first-order chi connectivity index (χ1) is 9.02. The van der Waals surface area contributed by atoms with Crippen molar-refractivity contribution in [1.82, 2.24) is 4.98 Å². The van der Waals surface area contributed by atoms with Crippen LogP contribution < -0.4 is 5.73 Å². The van der Waals surface area contributed by atoms with Gasteiger partial charge in [0.1, 0.15) is 5.56 Å². The predicted octanol–water partition coefficient (Wildman–Crippen LogP) is 3.15. The third-order valence-electron chi connectivity index (χ3n) is 3.03. The zero-order chi connectivity index (χ0) is 14.0. The van der Waals surface area contributed by atoms with Gasteiger partial charge in [0.2, 0.25) is 0 Å². The Kier molecular flexibility index (Phi) is 3.51. The van der Waals surface area contributed by atoms with E-state index in [2.05, 4.69) is 18.8 Å². The fourth-order valence-electron chi connectivity index (χ4n) is 2.12. The molecule has 0 aliphatic carbocycles. The maximum absolute atomic E-state index is 11.4. The second-order valence-electron chi connectivity index (χ2n) is 4.67. The molecular formula is C15H16N2O2. The van der Waals surface area contributed by atoms with Crippen molar-refractivity contribution in [3.8, 4) is 11.3 Å². The Morgan fingerprint density at radius 2 is 1.95 bits per heavy atom. The Morgan fingerprint density at radius 3 is 2.58 bits per heavy atom. The van der Waals surface area contributed by atoms with E-state index >= 15 is 0 Å². The molecule has 2 aromatic rings. The zero-order valence-electron chi connectivity index (χ0n) is 10.9. The number of anilines is 1. The van der Waals surface area contributed by atoms with Gasteiger partial charge in [0.15, 0.2) is 0 Å². The van der Waals surface area contributed by atoms with Crippen molar-refractivity contribution in [2.45, 2.75) is 19.8 Å². The summed E-state index contributed by atoms with van der Waals surface area (Å²) in [5.41, 5.74) is 8.37. The maximum atomic E-state index is 11.4. The Bertz CT molecular complexity index is 621. The van der Waals surface area contributed by atoms with Gasteiger partial charge in [0, 0.05) is 17.4 Å². The Hall–Kier alpha value is -2.36. The fraction of sp³-hybridized carbons (Fsp3) is 0.200. The van der Waals surface area contributed by atoms with E-state index in [1.165, 1.54) is 12.3 Å². The molecule has 0 unspecified atom stereocenters. The number of hydrogen-bond donors (Lipinski definition) is 2. The van der Waals surface area contributed by atoms with E-state index in [4.69, 9.17) is 5.73 Å². The number of aromatic carboxylic acids is 1. The van der Waals surface area contributed by atoms with Gasteiger partial charge in [-0.05, 0) is 17.5 Å². The van der Waals surface area contributed by atoms with Gasteiger partial charge < -0.3 is 10.8 Å². The standard InChI is InChI=1S/C15H16N2O2/c1-9(2)10-5-3-4-6-11(10)14-13(15(18)19)12(16)7-8-17-14/h3-9H,1-2H3,(H2,16,17)(H,18,19). The second kappa shape index (κ2) is 5.10. The quantitative estimate of drug-likeness (QED) is 0.884. The smallest absolute Gasteiger partial charge is 0.340 e. The largest absolute Gasteiger partial charge is 0.478 e. The lowest BCUT2D eigenvalue weighted by Gasteiger charge is -2.14. The van der Waals surface area contributed by atoms with E-state index in [-0.39, 0.29) is 17.2 Å². The molecule has 0 bridgehead atoms. The van der Waals surface area contributed by atoms with Crippen LogP contribution in [0.5, 0.6) is 0 Å². The van der Waals surface area contributed by atoms with E-state index in [1.807, 2.05) is 24.3 Å². The Morgan fingerprint density at radius 1 is 1.26 bits per heavy atom. The summed E-state index contributed by atoms with van der Waals surface area (Å²) in [6.07, 6.45) is 1.54. The van der Waals surface area contributed by atoms with E-state index < -0.39 is 5.97 Å². The van der Waals surface area contributed by atoms with Gasteiger partial charge in [0.25, 0.3) is 0 Å². The number of aromatic nitrogens is 1. The third kappa shape index (κ3) is 2.42. The molecule has 4 nitrogen and oxygen atoms in total. The molecular weight excluding hydrogens is 240 g/mol. The van der Waals surface area contributed by atoms with Gasteiger partial charge in [-0.15, -0.1) is 0 Å². The minimum Gasteiger partial charge on any atom is -0.478 e. The molecule has 0 saturated carbocycles. The summed E-state index contributed by atoms with van der Waals surface area (Å²) in [5.74, 6) is -0.778. The molecule has 0 atom stereocenters. The van der Waals surface area contributed by atoms with Crippen LogP contribution in [0.1, 0.15) is 35.7 Å². The molecule has 0 saturated heterocycles. The van der Waals surface area contributed by atoms with Crippen LogP contribution in [0.4, 0.5) is 5.69 Å².